The Labute approximate surface area is 98.0 Å². The third-order valence-corrected chi connectivity index (χ3v) is 2.06. The van der Waals surface area contributed by atoms with E-state index < -0.39 is 11.7 Å². The van der Waals surface area contributed by atoms with Crippen LogP contribution < -0.4 is 5.32 Å². The van der Waals surface area contributed by atoms with Crippen molar-refractivity contribution in [3.8, 4) is 6.07 Å². The van der Waals surface area contributed by atoms with Gasteiger partial charge in [-0.3, -0.25) is 4.79 Å². The molecule has 0 unspecified atom stereocenters. The number of hydrogen-bond acceptors (Lipinski definition) is 3. The fourth-order valence-electron chi connectivity index (χ4n) is 1.15. The van der Waals surface area contributed by atoms with Crippen molar-refractivity contribution in [3.05, 3.63) is 41.4 Å². The van der Waals surface area contributed by atoms with Gasteiger partial charge in [-0.05, 0) is 24.3 Å². The van der Waals surface area contributed by atoms with Crippen molar-refractivity contribution in [3.63, 3.8) is 0 Å². The molecule has 0 heterocycles. The molecule has 5 heteroatoms. The lowest BCUT2D eigenvalue weighted by Crippen LogP contribution is -2.15. The first kappa shape index (κ1) is 12.7. The molecular formula is C12H11FN2O2. The minimum Gasteiger partial charge on any atom is -0.511 e. The molecule has 0 saturated heterocycles. The Balaban J connectivity index is 2.86. The smallest absolute Gasteiger partial charge is 0.269 e. The molecule has 1 aromatic rings. The van der Waals surface area contributed by atoms with Crippen molar-refractivity contribution >= 4 is 11.6 Å². The summed E-state index contributed by atoms with van der Waals surface area (Å²) in [5, 5.41) is 20.5. The van der Waals surface area contributed by atoms with Crippen LogP contribution in [-0.4, -0.2) is 11.0 Å². The van der Waals surface area contributed by atoms with E-state index in [9.17, 15) is 14.3 Å². The molecule has 17 heavy (non-hydrogen) atoms. The monoisotopic (exact) mass is 234 g/mol. The fourth-order valence-corrected chi connectivity index (χ4v) is 1.15. The molecule has 0 aliphatic rings. The molecule has 0 bridgehead atoms. The molecule has 88 valence electrons. The van der Waals surface area contributed by atoms with Gasteiger partial charge in [0.1, 0.15) is 17.6 Å². The van der Waals surface area contributed by atoms with E-state index in [-0.39, 0.29) is 17.8 Å². The second kappa shape index (κ2) is 5.66. The Bertz CT molecular complexity index is 486. The maximum atomic E-state index is 12.6. The van der Waals surface area contributed by atoms with Gasteiger partial charge in [0.15, 0.2) is 5.57 Å². The summed E-state index contributed by atoms with van der Waals surface area (Å²) in [5.74, 6) is -1.40. The van der Waals surface area contributed by atoms with E-state index in [0.717, 1.165) is 0 Å². The third kappa shape index (κ3) is 3.31. The van der Waals surface area contributed by atoms with E-state index in [4.69, 9.17) is 5.26 Å². The normalized spacial score (nSPS) is 11.4. The van der Waals surface area contributed by atoms with E-state index >= 15 is 0 Å². The van der Waals surface area contributed by atoms with Crippen molar-refractivity contribution in [1.82, 2.24) is 0 Å². The van der Waals surface area contributed by atoms with Crippen molar-refractivity contribution in [1.29, 1.82) is 5.26 Å². The Morgan fingerprint density at radius 1 is 1.47 bits per heavy atom. The molecule has 0 fully saturated rings. The maximum absolute atomic E-state index is 12.6. The van der Waals surface area contributed by atoms with Crippen LogP contribution in [0.25, 0.3) is 0 Å². The molecule has 4 nitrogen and oxygen atoms in total. The molecule has 2 N–H and O–H groups in total. The highest BCUT2D eigenvalue weighted by molar-refractivity contribution is 6.06. The van der Waals surface area contributed by atoms with Crippen molar-refractivity contribution in [2.24, 2.45) is 0 Å². The minimum absolute atomic E-state index is 0.194. The number of aliphatic hydroxyl groups is 1. The van der Waals surface area contributed by atoms with Gasteiger partial charge in [-0.25, -0.2) is 4.39 Å². The zero-order chi connectivity index (χ0) is 12.8. The Hall–Kier alpha value is -2.35. The second-order valence-electron chi connectivity index (χ2n) is 3.25. The zero-order valence-electron chi connectivity index (χ0n) is 9.20. The summed E-state index contributed by atoms with van der Waals surface area (Å²) >= 11 is 0. The van der Waals surface area contributed by atoms with Crippen molar-refractivity contribution in [2.75, 3.05) is 5.32 Å². The van der Waals surface area contributed by atoms with Gasteiger partial charge in [-0.1, -0.05) is 6.92 Å². The first-order valence-electron chi connectivity index (χ1n) is 4.97. The number of halogens is 1. The highest BCUT2D eigenvalue weighted by atomic mass is 19.1. The minimum atomic E-state index is -0.710. The van der Waals surface area contributed by atoms with Crippen LogP contribution in [0.4, 0.5) is 10.1 Å². The molecular weight excluding hydrogens is 223 g/mol. The molecule has 0 aliphatic heterocycles. The summed E-state index contributed by atoms with van der Waals surface area (Å²) in [6.45, 7) is 1.62. The number of anilines is 1. The SMILES string of the molecule is CCC(O)=C(C#N)C(=O)Nc1ccc(F)cc1. The standard InChI is InChI=1S/C12H11FN2O2/c1-2-11(16)10(7-14)12(17)15-9-5-3-8(13)4-6-9/h3-6,16H,2H2,1H3,(H,15,17). The summed E-state index contributed by atoms with van der Waals surface area (Å²) in [4.78, 5) is 11.6. The van der Waals surface area contributed by atoms with Crippen LogP contribution in [0.5, 0.6) is 0 Å². The Morgan fingerprint density at radius 2 is 2.06 bits per heavy atom. The summed E-state index contributed by atoms with van der Waals surface area (Å²) in [5.41, 5.74) is 0.0184. The second-order valence-corrected chi connectivity index (χ2v) is 3.25. The third-order valence-electron chi connectivity index (χ3n) is 2.06. The van der Waals surface area contributed by atoms with Gasteiger partial charge in [0.2, 0.25) is 0 Å². The number of carbonyl (C=O) groups is 1. The summed E-state index contributed by atoms with van der Waals surface area (Å²) < 4.78 is 12.6. The molecule has 0 aromatic heterocycles. The van der Waals surface area contributed by atoms with Gasteiger partial charge in [0, 0.05) is 12.1 Å². The number of nitrogens with zero attached hydrogens (tertiary/aromatic N) is 1. The van der Waals surface area contributed by atoms with E-state index in [1.807, 2.05) is 0 Å². The van der Waals surface area contributed by atoms with Crippen LogP contribution in [0, 0.1) is 17.1 Å². The lowest BCUT2D eigenvalue weighted by atomic mass is 10.2. The van der Waals surface area contributed by atoms with E-state index in [0.29, 0.717) is 5.69 Å². The average Bonchev–Trinajstić information content (AvgIpc) is 2.32. The van der Waals surface area contributed by atoms with Gasteiger partial charge < -0.3 is 10.4 Å². The molecule has 1 rings (SSSR count). The number of hydrogen-bond donors (Lipinski definition) is 2. The summed E-state index contributed by atoms with van der Waals surface area (Å²) in [6.07, 6.45) is 0.194. The fraction of sp³-hybridized carbons (Fsp3) is 0.167. The average molecular weight is 234 g/mol. The molecule has 0 spiro atoms. The van der Waals surface area contributed by atoms with Crippen LogP contribution in [-0.2, 0) is 4.79 Å². The van der Waals surface area contributed by atoms with Crippen LogP contribution >= 0.6 is 0 Å². The highest BCUT2D eigenvalue weighted by Crippen LogP contribution is 2.11. The molecule has 1 amide bonds. The number of aliphatic hydroxyl groups excluding tert-OH is 1. The Kier molecular flexibility index (Phi) is 4.23. The first-order valence-corrected chi connectivity index (χ1v) is 4.97. The Morgan fingerprint density at radius 3 is 2.53 bits per heavy atom. The predicted octanol–water partition coefficient (Wildman–Crippen LogP) is 2.51. The maximum Gasteiger partial charge on any atom is 0.269 e. The van der Waals surface area contributed by atoms with Crippen LogP contribution in [0.2, 0.25) is 0 Å². The number of carbonyl (C=O) groups excluding carboxylic acids is 1. The number of benzene rings is 1. The van der Waals surface area contributed by atoms with Gasteiger partial charge in [-0.15, -0.1) is 0 Å². The lowest BCUT2D eigenvalue weighted by molar-refractivity contribution is -0.112. The van der Waals surface area contributed by atoms with E-state index in [1.165, 1.54) is 24.3 Å². The van der Waals surface area contributed by atoms with Crippen LogP contribution in [0.15, 0.2) is 35.6 Å². The van der Waals surface area contributed by atoms with Crippen molar-refractivity contribution < 1.29 is 14.3 Å². The summed E-state index contributed by atoms with van der Waals surface area (Å²) in [6, 6.07) is 6.73. The zero-order valence-corrected chi connectivity index (χ0v) is 9.20. The molecule has 0 atom stereocenters. The van der Waals surface area contributed by atoms with Crippen LogP contribution in [0.3, 0.4) is 0 Å². The quantitative estimate of drug-likeness (QED) is 0.479. The molecule has 0 radical (unpaired) electrons. The summed E-state index contributed by atoms with van der Waals surface area (Å²) in [7, 11) is 0. The first-order chi connectivity index (χ1) is 8.08. The molecule has 1 aromatic carbocycles. The molecule has 0 aliphatic carbocycles. The van der Waals surface area contributed by atoms with Gasteiger partial charge in [0.05, 0.1) is 0 Å². The number of rotatable bonds is 3. The van der Waals surface area contributed by atoms with Crippen LogP contribution in [0.1, 0.15) is 13.3 Å². The van der Waals surface area contributed by atoms with E-state index in [1.54, 1.807) is 13.0 Å². The van der Waals surface area contributed by atoms with Gasteiger partial charge >= 0.3 is 0 Å². The lowest BCUT2D eigenvalue weighted by Gasteiger charge is -2.05. The van der Waals surface area contributed by atoms with E-state index in [2.05, 4.69) is 5.32 Å². The number of amides is 1. The van der Waals surface area contributed by atoms with Crippen molar-refractivity contribution in [2.45, 2.75) is 13.3 Å². The number of nitrogens with one attached hydrogen (secondary N) is 1. The number of nitriles is 1. The predicted molar refractivity (Wildman–Crippen MR) is 60.6 cm³/mol. The largest absolute Gasteiger partial charge is 0.511 e. The van der Waals surface area contributed by atoms with Gasteiger partial charge in [0.25, 0.3) is 5.91 Å². The highest BCUT2D eigenvalue weighted by Gasteiger charge is 2.13. The van der Waals surface area contributed by atoms with Gasteiger partial charge in [-0.2, -0.15) is 5.26 Å². The molecule has 0 saturated carbocycles. The topological polar surface area (TPSA) is 73.1 Å². The number of allylic oxidation sites excluding steroid dienone is 1.